The van der Waals surface area contributed by atoms with Gasteiger partial charge in [-0.05, 0) is 24.3 Å². The first-order chi connectivity index (χ1) is 21.0. The summed E-state index contributed by atoms with van der Waals surface area (Å²) in [6.07, 6.45) is -7.75. The monoisotopic (exact) mass is 642 g/mol. The molecule has 1 fully saturated rings. The number of nitrogens with zero attached hydrogens (tertiary/aromatic N) is 1. The van der Waals surface area contributed by atoms with Crippen LogP contribution in [0.3, 0.4) is 0 Å². The van der Waals surface area contributed by atoms with Crippen LogP contribution in [-0.2, 0) is 35.2 Å². The van der Waals surface area contributed by atoms with Gasteiger partial charge in [0.15, 0.2) is 5.96 Å². The summed E-state index contributed by atoms with van der Waals surface area (Å²) < 4.78 is 45.1. The first kappa shape index (κ1) is 36.3. The summed E-state index contributed by atoms with van der Waals surface area (Å²) in [4.78, 5) is 81.2. The Kier molecular flexibility index (Phi) is 12.7. The van der Waals surface area contributed by atoms with E-state index in [1.54, 1.807) is 5.32 Å². The standard InChI is InChI=1S/C27H37F3N8O7/c1-14(2)20-23(44)36-16(9-6-10-33-25(31)32)21(42)34-13-18(39)35-17(11-19(40)41)22(43)38-26(24(45)37-20,27(28,29)30)12-15-7-4-3-5-8-15/h3-5,7-8,14,16-17,20H,6,9-13H2,1-2H3,(H,34,42)(H,35,39)(H,36,44)(H,37,45)(H,38,43)(H,40,41)(H4,31,32,33). The highest BCUT2D eigenvalue weighted by atomic mass is 19.4. The van der Waals surface area contributed by atoms with Crippen LogP contribution in [0.25, 0.3) is 0 Å². The highest BCUT2D eigenvalue weighted by Crippen LogP contribution is 2.34. The number of nitrogens with two attached hydrogens (primary N) is 2. The van der Waals surface area contributed by atoms with Crippen LogP contribution < -0.4 is 38.1 Å². The average molecular weight is 643 g/mol. The molecule has 0 spiro atoms. The maximum Gasteiger partial charge on any atom is 0.420 e. The number of aliphatic carboxylic acids is 1. The molecule has 4 unspecified atom stereocenters. The van der Waals surface area contributed by atoms with Crippen molar-refractivity contribution in [2.75, 3.05) is 13.1 Å². The van der Waals surface area contributed by atoms with E-state index in [2.05, 4.69) is 20.9 Å². The van der Waals surface area contributed by atoms with Crippen LogP contribution in [0.5, 0.6) is 0 Å². The number of benzene rings is 1. The predicted octanol–water partition coefficient (Wildman–Crippen LogP) is -1.59. The van der Waals surface area contributed by atoms with Crippen LogP contribution >= 0.6 is 0 Å². The van der Waals surface area contributed by atoms with Crippen molar-refractivity contribution in [1.82, 2.24) is 26.6 Å². The van der Waals surface area contributed by atoms with Crippen LogP contribution in [0.4, 0.5) is 13.2 Å². The molecule has 0 saturated carbocycles. The lowest BCUT2D eigenvalue weighted by atomic mass is 9.87. The van der Waals surface area contributed by atoms with E-state index < -0.39 is 90.7 Å². The molecule has 1 heterocycles. The molecule has 0 radical (unpaired) electrons. The summed E-state index contributed by atoms with van der Waals surface area (Å²) in [7, 11) is 0. The Balaban J connectivity index is 2.66. The zero-order chi connectivity index (χ0) is 33.9. The number of carboxylic acids is 1. The van der Waals surface area contributed by atoms with E-state index >= 15 is 13.2 Å². The molecular formula is C27H37F3N8O7. The van der Waals surface area contributed by atoms with Crippen molar-refractivity contribution in [1.29, 1.82) is 0 Å². The molecular weight excluding hydrogens is 605 g/mol. The maximum absolute atomic E-state index is 15.0. The van der Waals surface area contributed by atoms with Crippen molar-refractivity contribution in [3.05, 3.63) is 35.9 Å². The number of alkyl halides is 3. The summed E-state index contributed by atoms with van der Waals surface area (Å²) in [5, 5.41) is 19.7. The molecule has 4 atom stereocenters. The van der Waals surface area contributed by atoms with Crippen molar-refractivity contribution < 1.29 is 47.0 Å². The van der Waals surface area contributed by atoms with Crippen LogP contribution in [0.2, 0.25) is 0 Å². The van der Waals surface area contributed by atoms with Crippen molar-refractivity contribution >= 4 is 41.5 Å². The van der Waals surface area contributed by atoms with Crippen molar-refractivity contribution in [2.24, 2.45) is 22.4 Å². The van der Waals surface area contributed by atoms with Gasteiger partial charge < -0.3 is 43.2 Å². The minimum Gasteiger partial charge on any atom is -0.481 e. The second-order valence-corrected chi connectivity index (χ2v) is 10.7. The molecule has 1 aliphatic rings. The van der Waals surface area contributed by atoms with Gasteiger partial charge >= 0.3 is 12.1 Å². The molecule has 45 heavy (non-hydrogen) atoms. The van der Waals surface area contributed by atoms with Gasteiger partial charge in [-0.25, -0.2) is 0 Å². The Morgan fingerprint density at radius 2 is 1.64 bits per heavy atom. The number of aliphatic imine (C=N–C) groups is 1. The molecule has 0 aromatic heterocycles. The van der Waals surface area contributed by atoms with Gasteiger partial charge in [0, 0.05) is 13.0 Å². The number of carbonyl (C=O) groups excluding carboxylic acids is 5. The van der Waals surface area contributed by atoms with Gasteiger partial charge in [0.05, 0.1) is 13.0 Å². The molecule has 1 aliphatic heterocycles. The van der Waals surface area contributed by atoms with Gasteiger partial charge in [0.25, 0.3) is 5.91 Å². The van der Waals surface area contributed by atoms with Gasteiger partial charge in [-0.15, -0.1) is 0 Å². The van der Waals surface area contributed by atoms with E-state index in [1.807, 2.05) is 5.32 Å². The van der Waals surface area contributed by atoms with E-state index in [9.17, 15) is 33.9 Å². The molecule has 1 aromatic carbocycles. The Morgan fingerprint density at radius 1 is 1.00 bits per heavy atom. The molecule has 2 rings (SSSR count). The Hall–Kier alpha value is -4.90. The second-order valence-electron chi connectivity index (χ2n) is 10.7. The van der Waals surface area contributed by atoms with E-state index in [4.69, 9.17) is 11.5 Å². The van der Waals surface area contributed by atoms with E-state index in [-0.39, 0.29) is 30.9 Å². The molecule has 0 bridgehead atoms. The molecule has 10 N–H and O–H groups in total. The fraction of sp³-hybridized carbons (Fsp3) is 0.519. The minimum absolute atomic E-state index is 0.0387. The second kappa shape index (κ2) is 15.7. The van der Waals surface area contributed by atoms with Crippen molar-refractivity contribution in [3.63, 3.8) is 0 Å². The third-order valence-corrected chi connectivity index (χ3v) is 6.79. The first-order valence-electron chi connectivity index (χ1n) is 13.8. The Labute approximate surface area is 256 Å². The fourth-order valence-electron chi connectivity index (χ4n) is 4.43. The van der Waals surface area contributed by atoms with E-state index in [0.29, 0.717) is 0 Å². The molecule has 15 nitrogen and oxygen atoms in total. The number of hydrogen-bond donors (Lipinski definition) is 8. The highest BCUT2D eigenvalue weighted by molar-refractivity contribution is 6.00. The summed E-state index contributed by atoms with van der Waals surface area (Å²) in [6.45, 7) is 2.08. The number of carboxylic acid groups (broad SMARTS) is 1. The topological polar surface area (TPSA) is 247 Å². The van der Waals surface area contributed by atoms with Crippen LogP contribution in [0, 0.1) is 5.92 Å². The van der Waals surface area contributed by atoms with Crippen molar-refractivity contribution in [2.45, 2.75) is 69.4 Å². The number of hydrogen-bond acceptors (Lipinski definition) is 7. The molecule has 248 valence electrons. The number of halogens is 3. The smallest absolute Gasteiger partial charge is 0.420 e. The Bertz CT molecular complexity index is 1290. The zero-order valence-corrected chi connectivity index (χ0v) is 24.6. The van der Waals surface area contributed by atoms with Crippen LogP contribution in [0.1, 0.15) is 38.7 Å². The summed E-state index contributed by atoms with van der Waals surface area (Å²) >= 11 is 0. The molecule has 18 heteroatoms. The number of amides is 5. The minimum atomic E-state index is -5.50. The molecule has 5 amide bonds. The number of rotatable bonds is 9. The third kappa shape index (κ3) is 10.4. The third-order valence-electron chi connectivity index (χ3n) is 6.79. The average Bonchev–Trinajstić information content (AvgIpc) is 2.94. The molecule has 0 aliphatic carbocycles. The largest absolute Gasteiger partial charge is 0.481 e. The maximum atomic E-state index is 15.0. The first-order valence-corrected chi connectivity index (χ1v) is 13.8. The SMILES string of the molecule is CC(C)C1NC(=O)C(Cc2ccccc2)(C(F)(F)F)NC(=O)C(CC(=O)O)NC(=O)CNC(=O)C(CCCN=C(N)N)NC1=O. The summed E-state index contributed by atoms with van der Waals surface area (Å²) in [5.41, 5.74) is 6.83. The van der Waals surface area contributed by atoms with Crippen LogP contribution in [-0.4, -0.2) is 89.5 Å². The summed E-state index contributed by atoms with van der Waals surface area (Å²) in [6, 6.07) is 1.79. The Morgan fingerprint density at radius 3 is 2.20 bits per heavy atom. The van der Waals surface area contributed by atoms with Gasteiger partial charge in [0.1, 0.15) is 18.1 Å². The lowest BCUT2D eigenvalue weighted by Gasteiger charge is -2.37. The molecule has 1 aromatic rings. The number of guanidine groups is 1. The van der Waals surface area contributed by atoms with Gasteiger partial charge in [-0.2, -0.15) is 13.2 Å². The fourth-order valence-corrected chi connectivity index (χ4v) is 4.43. The number of nitrogens with one attached hydrogen (secondary N) is 5. The van der Waals surface area contributed by atoms with E-state index in [0.717, 1.165) is 0 Å². The quantitative estimate of drug-likeness (QED) is 0.0878. The summed E-state index contributed by atoms with van der Waals surface area (Å²) in [5.74, 6) is -9.22. The highest BCUT2D eigenvalue weighted by Gasteiger charge is 2.62. The number of carbonyl (C=O) groups is 6. The van der Waals surface area contributed by atoms with E-state index in [1.165, 1.54) is 44.2 Å². The lowest BCUT2D eigenvalue weighted by molar-refractivity contribution is -0.202. The van der Waals surface area contributed by atoms with Gasteiger partial charge in [-0.1, -0.05) is 44.2 Å². The zero-order valence-electron chi connectivity index (χ0n) is 24.6. The lowest BCUT2D eigenvalue weighted by Crippen LogP contribution is -2.72. The predicted molar refractivity (Wildman–Crippen MR) is 153 cm³/mol. The van der Waals surface area contributed by atoms with Crippen molar-refractivity contribution in [3.8, 4) is 0 Å². The van der Waals surface area contributed by atoms with Crippen LogP contribution in [0.15, 0.2) is 35.3 Å². The van der Waals surface area contributed by atoms with Gasteiger partial charge in [0.2, 0.25) is 29.2 Å². The van der Waals surface area contributed by atoms with Gasteiger partial charge in [-0.3, -0.25) is 33.8 Å². The normalized spacial score (nSPS) is 23.8. The molecule has 1 saturated heterocycles.